The Kier molecular flexibility index (Phi) is 4.73. The maximum Gasteiger partial charge on any atom is 0.573 e. The summed E-state index contributed by atoms with van der Waals surface area (Å²) in [6.07, 6.45) is -0.506. The van der Waals surface area contributed by atoms with E-state index in [1.807, 2.05) is 0 Å². The van der Waals surface area contributed by atoms with Crippen LogP contribution in [0.5, 0.6) is 5.75 Å². The fourth-order valence-corrected chi connectivity index (χ4v) is 2.42. The number of alkyl halides is 3. The van der Waals surface area contributed by atoms with Crippen molar-refractivity contribution in [1.29, 1.82) is 0 Å². The summed E-state index contributed by atoms with van der Waals surface area (Å²) in [5, 5.41) is 0. The zero-order valence-electron chi connectivity index (χ0n) is 10.2. The van der Waals surface area contributed by atoms with Crippen LogP contribution in [0.25, 0.3) is 0 Å². The Labute approximate surface area is 118 Å². The third kappa shape index (κ3) is 4.69. The Morgan fingerprint density at radius 2 is 1.89 bits per heavy atom. The third-order valence-electron chi connectivity index (χ3n) is 2.95. The highest BCUT2D eigenvalue weighted by Crippen LogP contribution is 2.30. The zero-order chi connectivity index (χ0) is 13.9. The molecule has 0 amide bonds. The molecule has 0 atom stereocenters. The normalized spacial score (nSPS) is 17.5. The van der Waals surface area contributed by atoms with Crippen molar-refractivity contribution >= 4 is 15.9 Å². The van der Waals surface area contributed by atoms with E-state index in [0.29, 0.717) is 16.6 Å². The van der Waals surface area contributed by atoms with Crippen molar-refractivity contribution in [3.63, 3.8) is 0 Å². The van der Waals surface area contributed by atoms with E-state index in [1.54, 1.807) is 12.1 Å². The molecule has 1 aliphatic rings. The molecule has 105 valence electrons. The summed E-state index contributed by atoms with van der Waals surface area (Å²) in [5.74, 6) is -0.128. The minimum absolute atomic E-state index is 0.128. The molecular weight excluding hydrogens is 323 g/mol. The summed E-state index contributed by atoms with van der Waals surface area (Å²) >= 11 is 3.16. The van der Waals surface area contributed by atoms with E-state index >= 15 is 0 Å². The molecule has 0 N–H and O–H groups in total. The lowest BCUT2D eigenvalue weighted by atomic mass is 10.1. The summed E-state index contributed by atoms with van der Waals surface area (Å²) in [5.41, 5.74) is 0.558. The minimum Gasteiger partial charge on any atom is -0.405 e. The molecule has 1 heterocycles. The molecule has 0 aromatic heterocycles. The maximum absolute atomic E-state index is 12.4. The lowest BCUT2D eigenvalue weighted by molar-refractivity contribution is -0.275. The van der Waals surface area contributed by atoms with Crippen LogP contribution in [0, 0.1) is 6.42 Å². The fourth-order valence-electron chi connectivity index (χ4n) is 2.08. The number of hydrogen-bond donors (Lipinski definition) is 0. The molecule has 2 rings (SSSR count). The molecule has 2 nitrogen and oxygen atoms in total. The van der Waals surface area contributed by atoms with Gasteiger partial charge < -0.3 is 4.74 Å². The number of nitrogens with zero attached hydrogens (tertiary/aromatic N) is 1. The minimum atomic E-state index is -4.66. The van der Waals surface area contributed by atoms with Crippen molar-refractivity contribution in [3.8, 4) is 5.75 Å². The smallest absolute Gasteiger partial charge is 0.405 e. The van der Waals surface area contributed by atoms with Crippen molar-refractivity contribution in [2.45, 2.75) is 25.7 Å². The second kappa shape index (κ2) is 6.13. The van der Waals surface area contributed by atoms with E-state index in [9.17, 15) is 13.2 Å². The van der Waals surface area contributed by atoms with Gasteiger partial charge in [0.25, 0.3) is 0 Å². The zero-order valence-corrected chi connectivity index (χ0v) is 11.8. The van der Waals surface area contributed by atoms with Crippen LogP contribution in [-0.4, -0.2) is 24.4 Å². The maximum atomic E-state index is 12.4. The van der Waals surface area contributed by atoms with Crippen LogP contribution in [0.2, 0.25) is 0 Å². The molecule has 19 heavy (non-hydrogen) atoms. The van der Waals surface area contributed by atoms with Crippen molar-refractivity contribution in [2.75, 3.05) is 13.1 Å². The van der Waals surface area contributed by atoms with Gasteiger partial charge in [-0.3, -0.25) is 4.90 Å². The summed E-state index contributed by atoms with van der Waals surface area (Å²) in [7, 11) is 0. The van der Waals surface area contributed by atoms with Gasteiger partial charge in [0.1, 0.15) is 5.75 Å². The monoisotopic (exact) mass is 336 g/mol. The number of hydrogen-bond acceptors (Lipinski definition) is 2. The summed E-state index contributed by atoms with van der Waals surface area (Å²) in [6, 6.07) is 4.76. The fraction of sp³-hybridized carbons (Fsp3) is 0.462. The van der Waals surface area contributed by atoms with E-state index in [4.69, 9.17) is 0 Å². The van der Waals surface area contributed by atoms with Crippen LogP contribution >= 0.6 is 15.9 Å². The number of likely N-dealkylation sites (tertiary alicyclic amines) is 1. The Morgan fingerprint density at radius 1 is 1.21 bits per heavy atom. The van der Waals surface area contributed by atoms with Gasteiger partial charge >= 0.3 is 6.36 Å². The molecule has 1 radical (unpaired) electrons. The van der Waals surface area contributed by atoms with E-state index < -0.39 is 6.36 Å². The Bertz CT molecular complexity index is 430. The average molecular weight is 337 g/mol. The van der Waals surface area contributed by atoms with Gasteiger partial charge in [-0.05, 0) is 44.5 Å². The lowest BCUT2D eigenvalue weighted by Gasteiger charge is -2.27. The van der Waals surface area contributed by atoms with Gasteiger partial charge in [0.05, 0.1) is 0 Å². The average Bonchev–Trinajstić information content (AvgIpc) is 2.32. The molecule has 1 aromatic rings. The summed E-state index contributed by atoms with van der Waals surface area (Å²) in [4.78, 5) is 2.13. The Hall–Kier alpha value is -0.750. The van der Waals surface area contributed by atoms with Crippen molar-refractivity contribution in [2.24, 2.45) is 0 Å². The quantitative estimate of drug-likeness (QED) is 0.822. The summed E-state index contributed by atoms with van der Waals surface area (Å²) < 4.78 is 41.8. The van der Waals surface area contributed by atoms with Crippen LogP contribution in [0.15, 0.2) is 22.7 Å². The molecule has 1 aliphatic heterocycles. The predicted octanol–water partition coefficient (Wildman–Crippen LogP) is 4.15. The number of benzene rings is 1. The van der Waals surface area contributed by atoms with Crippen molar-refractivity contribution < 1.29 is 17.9 Å². The van der Waals surface area contributed by atoms with Crippen LogP contribution in [0.1, 0.15) is 18.4 Å². The van der Waals surface area contributed by atoms with Gasteiger partial charge in [-0.2, -0.15) is 0 Å². The first kappa shape index (κ1) is 14.7. The molecule has 0 saturated carbocycles. The van der Waals surface area contributed by atoms with Crippen LogP contribution in [0.3, 0.4) is 0 Å². The standard InChI is InChI=1S/C13H14BrF3NO/c14-11-5-4-10(9-18-6-2-1-3-7-18)12(8-11)19-13(15,16)17/h1,4-5,8H,2-3,6-7,9H2. The molecule has 6 heteroatoms. The highest BCUT2D eigenvalue weighted by Gasteiger charge is 2.32. The van der Waals surface area contributed by atoms with Gasteiger partial charge in [0, 0.05) is 16.6 Å². The van der Waals surface area contributed by atoms with Gasteiger partial charge in [-0.1, -0.05) is 22.0 Å². The van der Waals surface area contributed by atoms with Crippen molar-refractivity contribution in [3.05, 3.63) is 34.7 Å². The number of ether oxygens (including phenoxy) is 1. The third-order valence-corrected chi connectivity index (χ3v) is 3.44. The molecule has 0 spiro atoms. The van der Waals surface area contributed by atoms with Gasteiger partial charge in [-0.25, -0.2) is 0 Å². The molecule has 1 aromatic carbocycles. The number of piperidine rings is 1. The Balaban J connectivity index is 2.13. The molecule has 0 aliphatic carbocycles. The van der Waals surface area contributed by atoms with E-state index in [2.05, 4.69) is 32.0 Å². The van der Waals surface area contributed by atoms with Crippen LogP contribution in [0.4, 0.5) is 13.2 Å². The second-order valence-electron chi connectivity index (χ2n) is 4.44. The van der Waals surface area contributed by atoms with Crippen molar-refractivity contribution in [1.82, 2.24) is 4.90 Å². The highest BCUT2D eigenvalue weighted by molar-refractivity contribution is 9.10. The van der Waals surface area contributed by atoms with Gasteiger partial charge in [-0.15, -0.1) is 13.2 Å². The first-order valence-corrected chi connectivity index (χ1v) is 6.81. The molecular formula is C13H14BrF3NO. The first-order valence-electron chi connectivity index (χ1n) is 6.02. The van der Waals surface area contributed by atoms with Gasteiger partial charge in [0.15, 0.2) is 0 Å². The lowest BCUT2D eigenvalue weighted by Crippen LogP contribution is -2.30. The molecule has 1 saturated heterocycles. The largest absolute Gasteiger partial charge is 0.573 e. The van der Waals surface area contributed by atoms with Gasteiger partial charge in [0.2, 0.25) is 0 Å². The van der Waals surface area contributed by atoms with Crippen LogP contribution < -0.4 is 4.74 Å². The summed E-state index contributed by atoms with van der Waals surface area (Å²) in [6.45, 7) is 2.23. The topological polar surface area (TPSA) is 12.5 Å². The molecule has 1 fully saturated rings. The van der Waals surface area contributed by atoms with E-state index in [0.717, 1.165) is 25.9 Å². The highest BCUT2D eigenvalue weighted by atomic mass is 79.9. The van der Waals surface area contributed by atoms with E-state index in [1.165, 1.54) is 6.07 Å². The van der Waals surface area contributed by atoms with Crippen LogP contribution in [-0.2, 0) is 6.54 Å². The molecule has 0 unspecified atom stereocenters. The van der Waals surface area contributed by atoms with E-state index in [-0.39, 0.29) is 5.75 Å². The second-order valence-corrected chi connectivity index (χ2v) is 5.36. The number of halogens is 4. The predicted molar refractivity (Wildman–Crippen MR) is 69.6 cm³/mol. The molecule has 0 bridgehead atoms. The Morgan fingerprint density at radius 3 is 2.53 bits per heavy atom. The SMILES string of the molecule is FC(F)(F)Oc1cc(Br)ccc1CN1CC[CH]CC1. The first-order chi connectivity index (χ1) is 8.94. The number of rotatable bonds is 3.